The maximum atomic E-state index is 12.7. The number of nitrogens with zero attached hydrogens (tertiary/aromatic N) is 1. The second-order valence-electron chi connectivity index (χ2n) is 5.65. The molecule has 1 aliphatic heterocycles. The zero-order valence-corrected chi connectivity index (χ0v) is 13.8. The number of hydrogen-bond donors (Lipinski definition) is 0. The van der Waals surface area contributed by atoms with E-state index < -0.39 is 0 Å². The molecule has 0 aromatic heterocycles. The molecule has 0 spiro atoms. The van der Waals surface area contributed by atoms with Crippen molar-refractivity contribution < 1.29 is 14.3 Å². The highest BCUT2D eigenvalue weighted by molar-refractivity contribution is 5.83. The molecule has 0 atom stereocenters. The van der Waals surface area contributed by atoms with E-state index in [1.165, 1.54) is 0 Å². The van der Waals surface area contributed by atoms with Crippen molar-refractivity contribution in [3.8, 4) is 11.5 Å². The van der Waals surface area contributed by atoms with E-state index in [1.54, 1.807) is 24.1 Å². The van der Waals surface area contributed by atoms with Crippen LogP contribution in [0.4, 0.5) is 4.79 Å². The quantitative estimate of drug-likeness (QED) is 0.820. The van der Waals surface area contributed by atoms with Crippen LogP contribution in [0.2, 0.25) is 0 Å². The lowest BCUT2D eigenvalue weighted by molar-refractivity contribution is 0.173. The lowest BCUT2D eigenvalue weighted by atomic mass is 10.1. The standard InChI is InChI=1S/C20H21NO3/c1-23-17-13-11-16(12-14-17)19-10-6-3-7-15-21(19)20(22)24-18-8-4-2-5-9-18/h2,4-5,8-14H,3,6-7,15H2,1H3. The molecule has 124 valence electrons. The van der Waals surface area contributed by atoms with Gasteiger partial charge in [-0.1, -0.05) is 24.3 Å². The van der Waals surface area contributed by atoms with E-state index in [2.05, 4.69) is 6.08 Å². The molecule has 0 fully saturated rings. The van der Waals surface area contributed by atoms with Gasteiger partial charge < -0.3 is 9.47 Å². The van der Waals surface area contributed by atoms with E-state index >= 15 is 0 Å². The Morgan fingerprint density at radius 2 is 1.71 bits per heavy atom. The summed E-state index contributed by atoms with van der Waals surface area (Å²) >= 11 is 0. The molecule has 4 heteroatoms. The van der Waals surface area contributed by atoms with E-state index in [1.807, 2.05) is 42.5 Å². The van der Waals surface area contributed by atoms with Crippen molar-refractivity contribution in [1.29, 1.82) is 0 Å². The largest absolute Gasteiger partial charge is 0.497 e. The lowest BCUT2D eigenvalue weighted by Gasteiger charge is -2.24. The molecule has 2 aromatic carbocycles. The first-order valence-corrected chi connectivity index (χ1v) is 8.17. The SMILES string of the molecule is COc1ccc(C2=CCCCCN2C(=O)Oc2ccccc2)cc1. The number of para-hydroxylation sites is 1. The Kier molecular flexibility index (Phi) is 5.16. The van der Waals surface area contributed by atoms with Gasteiger partial charge in [0.25, 0.3) is 0 Å². The summed E-state index contributed by atoms with van der Waals surface area (Å²) in [6.45, 7) is 0.656. The molecule has 1 heterocycles. The Hall–Kier alpha value is -2.75. The van der Waals surface area contributed by atoms with Gasteiger partial charge in [-0.15, -0.1) is 0 Å². The van der Waals surface area contributed by atoms with E-state index in [-0.39, 0.29) is 6.09 Å². The lowest BCUT2D eigenvalue weighted by Crippen LogP contribution is -2.32. The Labute approximate surface area is 142 Å². The molecule has 2 aromatic rings. The Balaban J connectivity index is 1.83. The van der Waals surface area contributed by atoms with Gasteiger partial charge in [0, 0.05) is 6.54 Å². The number of amides is 1. The second kappa shape index (κ2) is 7.68. The van der Waals surface area contributed by atoms with Gasteiger partial charge in [-0.05, 0) is 61.2 Å². The molecule has 0 radical (unpaired) electrons. The molecule has 0 aliphatic carbocycles. The number of rotatable bonds is 3. The number of allylic oxidation sites excluding steroid dienone is 1. The summed E-state index contributed by atoms with van der Waals surface area (Å²) < 4.78 is 10.7. The van der Waals surface area contributed by atoms with Gasteiger partial charge in [-0.2, -0.15) is 0 Å². The van der Waals surface area contributed by atoms with Crippen molar-refractivity contribution in [3.63, 3.8) is 0 Å². The summed E-state index contributed by atoms with van der Waals surface area (Å²) in [4.78, 5) is 14.4. The number of carbonyl (C=O) groups excluding carboxylic acids is 1. The average molecular weight is 323 g/mol. The van der Waals surface area contributed by atoms with Crippen LogP contribution in [0, 0.1) is 0 Å². The van der Waals surface area contributed by atoms with Crippen LogP contribution in [0.5, 0.6) is 11.5 Å². The van der Waals surface area contributed by atoms with Crippen molar-refractivity contribution in [2.75, 3.05) is 13.7 Å². The molecule has 1 amide bonds. The third kappa shape index (κ3) is 3.77. The summed E-state index contributed by atoms with van der Waals surface area (Å²) in [5, 5.41) is 0. The molecular formula is C20H21NO3. The van der Waals surface area contributed by atoms with Crippen LogP contribution in [0.15, 0.2) is 60.7 Å². The topological polar surface area (TPSA) is 38.8 Å². The fourth-order valence-corrected chi connectivity index (χ4v) is 2.75. The van der Waals surface area contributed by atoms with Crippen LogP contribution < -0.4 is 9.47 Å². The van der Waals surface area contributed by atoms with Gasteiger partial charge in [-0.3, -0.25) is 4.90 Å². The molecule has 0 unspecified atom stereocenters. The molecule has 0 bridgehead atoms. The van der Waals surface area contributed by atoms with Gasteiger partial charge in [0.15, 0.2) is 0 Å². The molecule has 0 saturated heterocycles. The monoisotopic (exact) mass is 323 g/mol. The number of methoxy groups -OCH3 is 1. The Bertz CT molecular complexity index is 707. The number of hydrogen-bond acceptors (Lipinski definition) is 3. The number of ether oxygens (including phenoxy) is 2. The number of benzene rings is 2. The van der Waals surface area contributed by atoms with E-state index in [9.17, 15) is 4.79 Å². The molecule has 0 saturated carbocycles. The first kappa shape index (κ1) is 16.1. The van der Waals surface area contributed by atoms with Crippen molar-refractivity contribution >= 4 is 11.8 Å². The fraction of sp³-hybridized carbons (Fsp3) is 0.250. The third-order valence-electron chi connectivity index (χ3n) is 4.02. The highest BCUT2D eigenvalue weighted by Crippen LogP contribution is 2.27. The van der Waals surface area contributed by atoms with Crippen LogP contribution in [0.1, 0.15) is 24.8 Å². The minimum absolute atomic E-state index is 0.342. The summed E-state index contributed by atoms with van der Waals surface area (Å²) in [7, 11) is 1.64. The first-order valence-electron chi connectivity index (χ1n) is 8.17. The Morgan fingerprint density at radius 3 is 2.42 bits per heavy atom. The van der Waals surface area contributed by atoms with Crippen LogP contribution in [0.25, 0.3) is 5.70 Å². The van der Waals surface area contributed by atoms with Crippen molar-refractivity contribution in [2.24, 2.45) is 0 Å². The molecule has 24 heavy (non-hydrogen) atoms. The third-order valence-corrected chi connectivity index (χ3v) is 4.02. The molecular weight excluding hydrogens is 302 g/mol. The van der Waals surface area contributed by atoms with Gasteiger partial charge >= 0.3 is 6.09 Å². The van der Waals surface area contributed by atoms with Crippen LogP contribution >= 0.6 is 0 Å². The van der Waals surface area contributed by atoms with Crippen molar-refractivity contribution in [3.05, 3.63) is 66.2 Å². The fourth-order valence-electron chi connectivity index (χ4n) is 2.75. The van der Waals surface area contributed by atoms with Gasteiger partial charge in [-0.25, -0.2) is 4.79 Å². The van der Waals surface area contributed by atoms with Crippen LogP contribution in [-0.4, -0.2) is 24.6 Å². The summed E-state index contributed by atoms with van der Waals surface area (Å²) in [6.07, 6.45) is 4.75. The smallest absolute Gasteiger partial charge is 0.419 e. The normalized spacial score (nSPS) is 14.5. The van der Waals surface area contributed by atoms with Crippen molar-refractivity contribution in [2.45, 2.75) is 19.3 Å². The number of carbonyl (C=O) groups is 1. The highest BCUT2D eigenvalue weighted by atomic mass is 16.6. The molecule has 0 N–H and O–H groups in total. The highest BCUT2D eigenvalue weighted by Gasteiger charge is 2.22. The average Bonchev–Trinajstić information content (AvgIpc) is 2.89. The zero-order chi connectivity index (χ0) is 16.8. The van der Waals surface area contributed by atoms with Gasteiger partial charge in [0.2, 0.25) is 0 Å². The Morgan fingerprint density at radius 1 is 0.958 bits per heavy atom. The predicted molar refractivity (Wildman–Crippen MR) is 94.0 cm³/mol. The van der Waals surface area contributed by atoms with E-state index in [0.29, 0.717) is 12.3 Å². The second-order valence-corrected chi connectivity index (χ2v) is 5.65. The molecule has 3 rings (SSSR count). The maximum absolute atomic E-state index is 12.7. The summed E-state index contributed by atoms with van der Waals surface area (Å²) in [5.74, 6) is 1.35. The minimum Gasteiger partial charge on any atom is -0.497 e. The van der Waals surface area contributed by atoms with E-state index in [0.717, 1.165) is 36.3 Å². The zero-order valence-electron chi connectivity index (χ0n) is 13.8. The molecule has 1 aliphatic rings. The first-order chi connectivity index (χ1) is 11.8. The van der Waals surface area contributed by atoms with Gasteiger partial charge in [0.1, 0.15) is 11.5 Å². The van der Waals surface area contributed by atoms with E-state index in [4.69, 9.17) is 9.47 Å². The minimum atomic E-state index is -0.342. The maximum Gasteiger partial charge on any atom is 0.419 e. The van der Waals surface area contributed by atoms with Crippen LogP contribution in [-0.2, 0) is 0 Å². The van der Waals surface area contributed by atoms with Crippen LogP contribution in [0.3, 0.4) is 0 Å². The van der Waals surface area contributed by atoms with Gasteiger partial charge in [0.05, 0.1) is 12.8 Å². The summed E-state index contributed by atoms with van der Waals surface area (Å²) in [5.41, 5.74) is 1.89. The van der Waals surface area contributed by atoms with Crippen molar-refractivity contribution in [1.82, 2.24) is 4.90 Å². The summed E-state index contributed by atoms with van der Waals surface area (Å²) in [6, 6.07) is 16.9. The predicted octanol–water partition coefficient (Wildman–Crippen LogP) is 4.72. The molecule has 4 nitrogen and oxygen atoms in total.